The average molecular weight is 724 g/mol. The number of rotatable bonds is 6. The smallest absolute Gasteiger partial charge is 0.180 e. The summed E-state index contributed by atoms with van der Waals surface area (Å²) in [6.45, 7) is 0. The minimum Gasteiger partial charge on any atom is -0.452 e. The summed E-state index contributed by atoms with van der Waals surface area (Å²) in [4.78, 5) is 25.4. The Morgan fingerprint density at radius 2 is 1.00 bits per heavy atom. The van der Waals surface area contributed by atoms with Crippen molar-refractivity contribution in [2.45, 2.75) is 0 Å². The quantitative estimate of drug-likeness (QED) is 0.170. The molecule has 0 radical (unpaired) electrons. The molecule has 0 atom stereocenters. The van der Waals surface area contributed by atoms with Gasteiger partial charge in [-0.1, -0.05) is 139 Å². The normalized spacial score (nSPS) is 12.8. The van der Waals surface area contributed by atoms with Crippen LogP contribution >= 0.6 is 0 Å². The molecule has 0 aliphatic heterocycles. The number of hydrogen-bond donors (Lipinski definition) is 0. The van der Waals surface area contributed by atoms with Gasteiger partial charge in [0, 0.05) is 44.0 Å². The van der Waals surface area contributed by atoms with Crippen molar-refractivity contribution in [3.05, 3.63) is 182 Å². The minimum atomic E-state index is -0.499. The molecular formula is C49H30N6O. The molecule has 0 aliphatic rings. The van der Waals surface area contributed by atoms with Crippen LogP contribution in [0.5, 0.6) is 0 Å². The van der Waals surface area contributed by atoms with Gasteiger partial charge in [0.05, 0.1) is 23.6 Å². The molecule has 262 valence electrons. The lowest BCUT2D eigenvalue weighted by Gasteiger charge is -2.16. The van der Waals surface area contributed by atoms with Gasteiger partial charge in [-0.05, 0) is 42.5 Å². The summed E-state index contributed by atoms with van der Waals surface area (Å²) in [5, 5.41) is 2.86. The predicted molar refractivity (Wildman–Crippen MR) is 224 cm³/mol. The third kappa shape index (κ3) is 5.25. The molecule has 7 aromatic carbocycles. The molecule has 0 unspecified atom stereocenters. The highest BCUT2D eigenvalue weighted by atomic mass is 16.3. The fraction of sp³-hybridized carbons (Fsp3) is 0. The average Bonchev–Trinajstić information content (AvgIpc) is 3.86. The molecule has 0 fully saturated rings. The highest BCUT2D eigenvalue weighted by Gasteiger charge is 2.23. The van der Waals surface area contributed by atoms with E-state index in [9.17, 15) is 0 Å². The van der Waals surface area contributed by atoms with E-state index in [-0.39, 0.29) is 22.7 Å². The highest BCUT2D eigenvalue weighted by Crippen LogP contribution is 2.40. The molecule has 0 amide bonds. The Morgan fingerprint density at radius 3 is 1.66 bits per heavy atom. The first-order valence-corrected chi connectivity index (χ1v) is 18.1. The predicted octanol–water partition coefficient (Wildman–Crippen LogP) is 12.0. The molecular weight excluding hydrogens is 689 g/mol. The van der Waals surface area contributed by atoms with Crippen molar-refractivity contribution in [3.8, 4) is 62.5 Å². The van der Waals surface area contributed by atoms with Crippen molar-refractivity contribution in [1.82, 2.24) is 29.5 Å². The van der Waals surface area contributed by atoms with Crippen LogP contribution in [0.4, 0.5) is 0 Å². The largest absolute Gasteiger partial charge is 0.452 e. The lowest BCUT2D eigenvalue weighted by Crippen LogP contribution is -2.04. The van der Waals surface area contributed by atoms with Crippen LogP contribution in [0.2, 0.25) is 0 Å². The molecule has 0 spiro atoms. The first kappa shape index (κ1) is 26.9. The van der Waals surface area contributed by atoms with Crippen LogP contribution in [0.15, 0.2) is 186 Å². The Morgan fingerprint density at radius 1 is 0.446 bits per heavy atom. The number of aromatic nitrogens is 6. The van der Waals surface area contributed by atoms with Crippen LogP contribution in [0, 0.1) is 0 Å². The molecule has 4 heterocycles. The monoisotopic (exact) mass is 723 g/mol. The summed E-state index contributed by atoms with van der Waals surface area (Å²) in [5.41, 5.74) is 6.82. The zero-order valence-electron chi connectivity index (χ0n) is 34.5. The van der Waals surface area contributed by atoms with Crippen LogP contribution in [-0.2, 0) is 0 Å². The van der Waals surface area contributed by atoms with Gasteiger partial charge in [0.2, 0.25) is 0 Å². The van der Waals surface area contributed by atoms with Crippen molar-refractivity contribution in [3.63, 3.8) is 0 Å². The van der Waals surface area contributed by atoms with Crippen LogP contribution in [0.1, 0.15) is 6.85 Å². The second kappa shape index (κ2) is 13.0. The molecule has 0 aliphatic carbocycles. The first-order valence-electron chi connectivity index (χ1n) is 20.6. The topological polar surface area (TPSA) is 82.5 Å². The van der Waals surface area contributed by atoms with E-state index in [0.29, 0.717) is 45.1 Å². The number of fused-ring (bicyclic) bond motifs is 6. The molecule has 11 rings (SSSR count). The third-order valence-corrected chi connectivity index (χ3v) is 9.97. The van der Waals surface area contributed by atoms with E-state index in [2.05, 4.69) is 28.8 Å². The number of benzene rings is 7. The van der Waals surface area contributed by atoms with Crippen molar-refractivity contribution in [2.24, 2.45) is 0 Å². The molecule has 0 saturated heterocycles. The van der Waals surface area contributed by atoms with E-state index in [1.54, 1.807) is 6.07 Å². The zero-order valence-corrected chi connectivity index (χ0v) is 29.5. The van der Waals surface area contributed by atoms with Gasteiger partial charge in [-0.2, -0.15) is 0 Å². The Labute approximate surface area is 328 Å². The molecule has 0 N–H and O–H groups in total. The standard InChI is InChI=1S/C49H30N6O/c1-4-16-31(17-5-1)43-45-44(37-24-12-15-27-42(37)56-45)51-48(50-43)34-28-29-41(55-39-25-13-10-22-35(39)36-23-11-14-26-40(36)55)38(30-34)49-53-46(32-18-6-2-7-19-32)52-47(54-49)33-20-8-3-9-21-33/h1-30H/i1D,4D,5D,16D,17D. The number of hydrogen-bond acceptors (Lipinski definition) is 6. The van der Waals surface area contributed by atoms with Crippen molar-refractivity contribution in [2.75, 3.05) is 0 Å². The Balaban J connectivity index is 1.24. The Hall–Kier alpha value is -7.77. The van der Waals surface area contributed by atoms with Gasteiger partial charge in [0.15, 0.2) is 28.9 Å². The zero-order chi connectivity index (χ0) is 41.4. The fourth-order valence-electron chi connectivity index (χ4n) is 7.42. The van der Waals surface area contributed by atoms with Gasteiger partial charge in [-0.3, -0.25) is 0 Å². The van der Waals surface area contributed by atoms with E-state index in [1.165, 1.54) is 0 Å². The molecule has 4 aromatic heterocycles. The molecule has 7 nitrogen and oxygen atoms in total. The fourth-order valence-corrected chi connectivity index (χ4v) is 7.42. The van der Waals surface area contributed by atoms with Gasteiger partial charge in [-0.25, -0.2) is 24.9 Å². The molecule has 0 saturated carbocycles. The van der Waals surface area contributed by atoms with Crippen molar-refractivity contribution < 1.29 is 11.3 Å². The Kier molecular flexibility index (Phi) is 6.23. The van der Waals surface area contributed by atoms with Gasteiger partial charge < -0.3 is 8.98 Å². The molecule has 11 aromatic rings. The lowest BCUT2D eigenvalue weighted by molar-refractivity contribution is 0.667. The second-order valence-electron chi connectivity index (χ2n) is 13.3. The van der Waals surface area contributed by atoms with E-state index >= 15 is 0 Å². The Bertz CT molecular complexity index is 3410. The second-order valence-corrected chi connectivity index (χ2v) is 13.3. The molecule has 7 heteroatoms. The lowest BCUT2D eigenvalue weighted by atomic mass is 10.0. The summed E-state index contributed by atoms with van der Waals surface area (Å²) in [5.74, 6) is 1.65. The van der Waals surface area contributed by atoms with Crippen molar-refractivity contribution >= 4 is 43.9 Å². The van der Waals surface area contributed by atoms with Gasteiger partial charge in [0.1, 0.15) is 16.8 Å². The summed E-state index contributed by atoms with van der Waals surface area (Å²) in [7, 11) is 0. The molecule has 56 heavy (non-hydrogen) atoms. The number of furan rings is 1. The summed E-state index contributed by atoms with van der Waals surface area (Å²) in [6, 6.07) is 47.1. The van der Waals surface area contributed by atoms with E-state index < -0.39 is 30.2 Å². The number of nitrogens with zero attached hydrogens (tertiary/aromatic N) is 6. The van der Waals surface area contributed by atoms with E-state index in [1.807, 2.05) is 121 Å². The maximum Gasteiger partial charge on any atom is 0.180 e. The van der Waals surface area contributed by atoms with Crippen molar-refractivity contribution in [1.29, 1.82) is 0 Å². The van der Waals surface area contributed by atoms with E-state index in [4.69, 9.17) is 36.2 Å². The maximum atomic E-state index is 8.93. The minimum absolute atomic E-state index is 0.0825. The number of para-hydroxylation sites is 3. The first-order chi connectivity index (χ1) is 29.8. The van der Waals surface area contributed by atoms with Gasteiger partial charge in [0.25, 0.3) is 0 Å². The SMILES string of the molecule is [2H]c1c([2H])c([2H])c(-c2nc(-c3ccc(-n4c5ccccc5c5ccccc54)c(-c4nc(-c5ccccc5)nc(-c5ccccc5)n4)c3)nc3c2oc2ccccc23)c([2H])c1[2H]. The van der Waals surface area contributed by atoms with Crippen LogP contribution in [0.3, 0.4) is 0 Å². The van der Waals surface area contributed by atoms with E-state index in [0.717, 1.165) is 38.6 Å². The maximum absolute atomic E-state index is 8.93. The molecule has 0 bridgehead atoms. The van der Waals surface area contributed by atoms with Crippen LogP contribution in [0.25, 0.3) is 106 Å². The highest BCUT2D eigenvalue weighted by molar-refractivity contribution is 6.10. The third-order valence-electron chi connectivity index (χ3n) is 9.97. The summed E-state index contributed by atoms with van der Waals surface area (Å²) < 4.78 is 51.7. The summed E-state index contributed by atoms with van der Waals surface area (Å²) in [6.07, 6.45) is 0. The van der Waals surface area contributed by atoms with Gasteiger partial charge >= 0.3 is 0 Å². The van der Waals surface area contributed by atoms with Crippen LogP contribution in [-0.4, -0.2) is 29.5 Å². The summed E-state index contributed by atoms with van der Waals surface area (Å²) >= 11 is 0. The van der Waals surface area contributed by atoms with Crippen LogP contribution < -0.4 is 0 Å². The van der Waals surface area contributed by atoms with Gasteiger partial charge in [-0.15, -0.1) is 0 Å².